The fraction of sp³-hybridized carbons (Fsp3) is 0.308. The van der Waals surface area contributed by atoms with Crippen molar-refractivity contribution in [3.8, 4) is 0 Å². The molecule has 8 heteroatoms. The molecule has 0 bridgehead atoms. The van der Waals surface area contributed by atoms with Crippen LogP contribution in [0, 0.1) is 27.7 Å². The van der Waals surface area contributed by atoms with Gasteiger partial charge in [-0.05, 0) is 123 Å². The summed E-state index contributed by atoms with van der Waals surface area (Å²) in [5.74, 6) is -0.282. The van der Waals surface area contributed by atoms with Crippen LogP contribution in [0.2, 0.25) is 0 Å². The molecule has 2 aliphatic heterocycles. The number of carbonyl (C=O) groups excluding carboxylic acids is 2. The first-order chi connectivity index (χ1) is 28.3. The van der Waals surface area contributed by atoms with Gasteiger partial charge in [0.05, 0.1) is 22.3 Å². The maximum Gasteiger partial charge on any atom is 0.200 e. The molecule has 60 heavy (non-hydrogen) atoms. The molecule has 0 atom stereocenters. The van der Waals surface area contributed by atoms with Gasteiger partial charge in [0.1, 0.15) is 11.5 Å². The zero-order chi connectivity index (χ0) is 43.1. The Hall–Kier alpha value is -6.28. The van der Waals surface area contributed by atoms with Crippen LogP contribution in [0.3, 0.4) is 0 Å². The monoisotopic (exact) mass is 798 g/mol. The zero-order valence-corrected chi connectivity index (χ0v) is 36.8. The van der Waals surface area contributed by atoms with Crippen molar-refractivity contribution in [2.75, 3.05) is 22.9 Å². The van der Waals surface area contributed by atoms with Crippen LogP contribution in [0.1, 0.15) is 86.3 Å². The minimum absolute atomic E-state index is 0.0233. The third-order valence-electron chi connectivity index (χ3n) is 14.0. The van der Waals surface area contributed by atoms with Crippen molar-refractivity contribution < 1.29 is 19.8 Å². The number of ketones is 2. The molecular formula is C52H54N4O4. The normalized spacial score (nSPS) is 20.9. The summed E-state index contributed by atoms with van der Waals surface area (Å²) in [7, 11) is 4.00. The topological polar surface area (TPSA) is 90.9 Å². The smallest absolute Gasteiger partial charge is 0.200 e. The van der Waals surface area contributed by atoms with Gasteiger partial charge in [0, 0.05) is 94.0 Å². The van der Waals surface area contributed by atoms with E-state index in [9.17, 15) is 19.8 Å². The molecule has 4 heterocycles. The number of Topliss-reactive ketones (excluding diaryl/α,β-unsaturated/α-hetero) is 2. The molecule has 8 nitrogen and oxygen atoms in total. The van der Waals surface area contributed by atoms with Gasteiger partial charge in [-0.2, -0.15) is 0 Å². The molecule has 3 aromatic carbocycles. The molecule has 0 fully saturated rings. The molecule has 5 aromatic rings. The highest BCUT2D eigenvalue weighted by Gasteiger charge is 2.47. The molecule has 0 saturated heterocycles. The van der Waals surface area contributed by atoms with E-state index in [0.29, 0.717) is 35.4 Å². The van der Waals surface area contributed by atoms with Crippen molar-refractivity contribution in [3.05, 3.63) is 151 Å². The number of aliphatic hydroxyl groups excluding tert-OH is 2. The molecule has 0 unspecified atom stereocenters. The summed E-state index contributed by atoms with van der Waals surface area (Å²) in [5.41, 5.74) is 15.1. The predicted molar refractivity (Wildman–Crippen MR) is 245 cm³/mol. The highest BCUT2D eigenvalue weighted by Crippen LogP contribution is 2.56. The highest BCUT2D eigenvalue weighted by molar-refractivity contribution is 6.24. The number of allylic oxidation sites excluding steroid dienone is 8. The third kappa shape index (κ3) is 5.22. The first-order valence-corrected chi connectivity index (χ1v) is 21.0. The summed E-state index contributed by atoms with van der Waals surface area (Å²) in [6.45, 7) is 22.5. The molecule has 0 amide bonds. The number of hydrogen-bond acceptors (Lipinski definition) is 6. The maximum atomic E-state index is 13.8. The van der Waals surface area contributed by atoms with Crippen LogP contribution in [0.15, 0.2) is 106 Å². The van der Waals surface area contributed by atoms with Crippen LogP contribution in [0.5, 0.6) is 0 Å². The van der Waals surface area contributed by atoms with E-state index < -0.39 is 10.8 Å². The van der Waals surface area contributed by atoms with Crippen LogP contribution in [-0.2, 0) is 34.5 Å². The van der Waals surface area contributed by atoms with Crippen LogP contribution < -0.4 is 9.80 Å². The Bertz CT molecular complexity index is 2820. The van der Waals surface area contributed by atoms with Gasteiger partial charge in [0.2, 0.25) is 11.6 Å². The van der Waals surface area contributed by atoms with Gasteiger partial charge in [0.25, 0.3) is 0 Å². The molecular weight excluding hydrogens is 745 g/mol. The van der Waals surface area contributed by atoms with Crippen molar-refractivity contribution in [1.29, 1.82) is 0 Å². The van der Waals surface area contributed by atoms with Crippen LogP contribution in [-0.4, -0.2) is 44.0 Å². The molecule has 4 aliphatic rings. The SMILES string of the molecule is CCN1C(=CC2=C(O)C(=Cc3c(C)c4ccc(C)cc4n3C)C2=O)C(C)(C)c2cc3c(cc21)C(C)(C)C(=CC1=C(O)C(=Cc2c(C)c4ccc(C)cc4n2C)C1=O)N3CC. The fourth-order valence-electron chi connectivity index (χ4n) is 10.3. The molecule has 9 rings (SSSR count). The summed E-state index contributed by atoms with van der Waals surface area (Å²) in [6.07, 6.45) is 7.42. The second-order valence-electron chi connectivity index (χ2n) is 18.2. The van der Waals surface area contributed by atoms with E-state index in [1.807, 2.05) is 38.4 Å². The Labute approximate surface area is 352 Å². The number of rotatable bonds is 6. The number of nitrogens with zero attached hydrogens (tertiary/aromatic N) is 4. The second-order valence-corrected chi connectivity index (χ2v) is 18.2. The van der Waals surface area contributed by atoms with E-state index in [4.69, 9.17) is 0 Å². The summed E-state index contributed by atoms with van der Waals surface area (Å²) in [4.78, 5) is 32.2. The van der Waals surface area contributed by atoms with Crippen LogP contribution >= 0.6 is 0 Å². The molecule has 0 saturated carbocycles. The Morgan fingerprint density at radius 2 is 0.933 bits per heavy atom. The van der Waals surface area contributed by atoms with Crippen molar-refractivity contribution >= 4 is 56.9 Å². The molecule has 0 radical (unpaired) electrons. The Morgan fingerprint density at radius 3 is 1.27 bits per heavy atom. The quantitative estimate of drug-likeness (QED) is 0.166. The van der Waals surface area contributed by atoms with Gasteiger partial charge in [-0.15, -0.1) is 0 Å². The standard InChI is InChI=1S/C52H54N4O4/c1-13-55-43-25-38-44(26-37(43)51(7,8)45(55)23-35-47(57)33(48(35)58)21-39-29(5)31-17-15-27(3)19-41(31)53(39)11)56(14-2)46(52(38,9)10)24-36-49(59)34(50(36)60)22-40-30(6)32-18-16-28(4)20-42(32)54(40)12/h15-26,57,59H,13-14H2,1-12H3. The summed E-state index contributed by atoms with van der Waals surface area (Å²) < 4.78 is 4.18. The predicted octanol–water partition coefficient (Wildman–Crippen LogP) is 10.9. The van der Waals surface area contributed by atoms with E-state index in [1.165, 1.54) is 11.1 Å². The van der Waals surface area contributed by atoms with E-state index >= 15 is 0 Å². The van der Waals surface area contributed by atoms with Crippen molar-refractivity contribution in [2.24, 2.45) is 14.1 Å². The number of fused-ring (bicyclic) bond motifs is 4. The second kappa shape index (κ2) is 13.1. The molecule has 2 N–H and O–H groups in total. The van der Waals surface area contributed by atoms with Crippen LogP contribution in [0.4, 0.5) is 11.4 Å². The minimum Gasteiger partial charge on any atom is -0.506 e. The lowest BCUT2D eigenvalue weighted by atomic mass is 9.78. The average molecular weight is 799 g/mol. The maximum absolute atomic E-state index is 13.8. The Balaban J connectivity index is 1.06. The largest absolute Gasteiger partial charge is 0.506 e. The number of aromatic nitrogens is 2. The van der Waals surface area contributed by atoms with Gasteiger partial charge in [-0.1, -0.05) is 52.0 Å². The number of aryl methyl sites for hydroxylation is 6. The van der Waals surface area contributed by atoms with Crippen molar-refractivity contribution in [3.63, 3.8) is 0 Å². The van der Waals surface area contributed by atoms with E-state index in [0.717, 1.165) is 78.2 Å². The average Bonchev–Trinajstić information content (AvgIpc) is 3.77. The lowest BCUT2D eigenvalue weighted by Crippen LogP contribution is -2.29. The van der Waals surface area contributed by atoms with Crippen LogP contribution in [0.25, 0.3) is 34.0 Å². The molecule has 2 aromatic heterocycles. The summed E-state index contributed by atoms with van der Waals surface area (Å²) >= 11 is 0. The number of anilines is 2. The van der Waals surface area contributed by atoms with Gasteiger partial charge in [0.15, 0.2) is 0 Å². The summed E-state index contributed by atoms with van der Waals surface area (Å²) in [5, 5.41) is 25.2. The first kappa shape index (κ1) is 39.2. The molecule has 0 spiro atoms. The minimum atomic E-state index is -0.489. The van der Waals surface area contributed by atoms with Crippen molar-refractivity contribution in [2.45, 2.75) is 80.1 Å². The zero-order valence-electron chi connectivity index (χ0n) is 36.8. The van der Waals surface area contributed by atoms with Gasteiger partial charge >= 0.3 is 0 Å². The number of hydrogen-bond donors (Lipinski definition) is 2. The number of benzene rings is 3. The number of likely N-dealkylation sites (N-methyl/N-ethyl adjacent to an activating group) is 2. The van der Waals surface area contributed by atoms with E-state index in [2.05, 4.69) is 137 Å². The Morgan fingerprint density at radius 1 is 0.567 bits per heavy atom. The van der Waals surface area contributed by atoms with Crippen molar-refractivity contribution in [1.82, 2.24) is 9.13 Å². The summed E-state index contributed by atoms with van der Waals surface area (Å²) in [6, 6.07) is 17.2. The number of carbonyl (C=O) groups is 2. The van der Waals surface area contributed by atoms with Gasteiger partial charge in [-0.25, -0.2) is 0 Å². The number of aliphatic hydroxyl groups is 2. The third-order valence-corrected chi connectivity index (χ3v) is 14.0. The Kier molecular flexibility index (Phi) is 8.56. The first-order valence-electron chi connectivity index (χ1n) is 21.0. The lowest BCUT2D eigenvalue weighted by Gasteiger charge is -2.29. The molecule has 306 valence electrons. The lowest BCUT2D eigenvalue weighted by molar-refractivity contribution is -0.114. The van der Waals surface area contributed by atoms with E-state index in [1.54, 1.807) is 0 Å². The van der Waals surface area contributed by atoms with Gasteiger partial charge in [-0.3, -0.25) is 9.59 Å². The van der Waals surface area contributed by atoms with E-state index in [-0.39, 0.29) is 23.1 Å². The fourth-order valence-corrected chi connectivity index (χ4v) is 10.3. The highest BCUT2D eigenvalue weighted by atomic mass is 16.3. The molecule has 2 aliphatic carbocycles. The van der Waals surface area contributed by atoms with Gasteiger partial charge < -0.3 is 29.1 Å².